The Morgan fingerprint density at radius 3 is 2.12 bits per heavy atom. The predicted octanol–water partition coefficient (Wildman–Crippen LogP) is 0.559. The fourth-order valence-electron chi connectivity index (χ4n) is 1.71. The van der Waals surface area contributed by atoms with Crippen LogP contribution < -0.4 is 17.2 Å². The summed E-state index contributed by atoms with van der Waals surface area (Å²) in [6, 6.07) is 0. The van der Waals surface area contributed by atoms with E-state index in [1.807, 2.05) is 0 Å². The molecule has 2 nitrogen and oxygen atoms in total. The first kappa shape index (κ1) is 19.8. The van der Waals surface area contributed by atoms with Gasteiger partial charge in [-0.25, -0.2) is 4.84 Å². The summed E-state index contributed by atoms with van der Waals surface area (Å²) in [5.74, 6) is 0. The summed E-state index contributed by atoms with van der Waals surface area (Å²) in [5, 5.41) is 0. The van der Waals surface area contributed by atoms with Crippen LogP contribution in [0.2, 0.25) is 0 Å². The molecule has 0 aliphatic heterocycles. The number of rotatable bonds is 9. The van der Waals surface area contributed by atoms with E-state index in [9.17, 15) is 0 Å². The Morgan fingerprint density at radius 2 is 1.65 bits per heavy atom. The number of halogens is 2. The SMILES string of the molecule is CCCCCC[N+](C)(C)CCC(C)(C)NCl.[Cl-]. The maximum atomic E-state index is 5.71. The minimum Gasteiger partial charge on any atom is -1.00 e. The molecule has 0 aromatic carbocycles. The van der Waals surface area contributed by atoms with E-state index < -0.39 is 0 Å². The number of quaternary nitrogens is 1. The van der Waals surface area contributed by atoms with Crippen molar-refractivity contribution in [1.82, 2.24) is 4.84 Å². The number of nitrogens with one attached hydrogen (secondary N) is 1. The van der Waals surface area contributed by atoms with Gasteiger partial charge in [0.05, 0.1) is 27.2 Å². The molecule has 0 aliphatic carbocycles. The van der Waals surface area contributed by atoms with E-state index in [2.05, 4.69) is 39.7 Å². The molecule has 0 bridgehead atoms. The molecule has 0 fully saturated rings. The Morgan fingerprint density at radius 1 is 1.06 bits per heavy atom. The third-order valence-electron chi connectivity index (χ3n) is 3.21. The molecule has 0 saturated heterocycles. The smallest absolute Gasteiger partial charge is 0.0800 e. The van der Waals surface area contributed by atoms with Gasteiger partial charge in [-0.3, -0.25) is 0 Å². The quantitative estimate of drug-likeness (QED) is 0.371. The lowest BCUT2D eigenvalue weighted by atomic mass is 10.0. The van der Waals surface area contributed by atoms with Crippen LogP contribution in [0.25, 0.3) is 0 Å². The molecule has 0 aliphatic rings. The molecular formula is C13H30Cl2N2. The summed E-state index contributed by atoms with van der Waals surface area (Å²) in [6.45, 7) is 9.01. The van der Waals surface area contributed by atoms with Gasteiger partial charge < -0.3 is 16.9 Å². The van der Waals surface area contributed by atoms with Gasteiger partial charge in [0.2, 0.25) is 0 Å². The summed E-state index contributed by atoms with van der Waals surface area (Å²) in [4.78, 5) is 2.85. The number of nitrogens with zero attached hydrogens (tertiary/aromatic N) is 1. The van der Waals surface area contributed by atoms with Crippen molar-refractivity contribution in [3.63, 3.8) is 0 Å². The van der Waals surface area contributed by atoms with Crippen LogP contribution in [0.1, 0.15) is 52.9 Å². The largest absolute Gasteiger partial charge is 1.00 e. The summed E-state index contributed by atoms with van der Waals surface area (Å²) in [5.41, 5.74) is 0.0422. The molecular weight excluding hydrogens is 255 g/mol. The van der Waals surface area contributed by atoms with Crippen LogP contribution in [0, 0.1) is 0 Å². The molecule has 0 unspecified atom stereocenters. The highest BCUT2D eigenvalue weighted by Crippen LogP contribution is 2.13. The van der Waals surface area contributed by atoms with Crippen molar-refractivity contribution in [2.45, 2.75) is 58.4 Å². The molecule has 17 heavy (non-hydrogen) atoms. The van der Waals surface area contributed by atoms with Gasteiger partial charge in [0, 0.05) is 12.0 Å². The Kier molecular flexibility index (Phi) is 11.0. The van der Waals surface area contributed by atoms with Crippen molar-refractivity contribution in [2.75, 3.05) is 27.2 Å². The van der Waals surface area contributed by atoms with Gasteiger partial charge in [0.1, 0.15) is 0 Å². The van der Waals surface area contributed by atoms with E-state index in [4.69, 9.17) is 11.8 Å². The van der Waals surface area contributed by atoms with Crippen molar-refractivity contribution >= 4 is 11.8 Å². The van der Waals surface area contributed by atoms with Crippen molar-refractivity contribution in [3.05, 3.63) is 0 Å². The number of hydrogen-bond donors (Lipinski definition) is 1. The van der Waals surface area contributed by atoms with Crippen LogP contribution in [0.4, 0.5) is 0 Å². The lowest BCUT2D eigenvalue weighted by Crippen LogP contribution is -3.00. The molecule has 0 rings (SSSR count). The fourth-order valence-corrected chi connectivity index (χ4v) is 1.80. The van der Waals surface area contributed by atoms with Crippen molar-refractivity contribution in [2.24, 2.45) is 0 Å². The van der Waals surface area contributed by atoms with Gasteiger partial charge in [-0.2, -0.15) is 0 Å². The lowest BCUT2D eigenvalue weighted by molar-refractivity contribution is -0.891. The first-order chi connectivity index (χ1) is 7.33. The van der Waals surface area contributed by atoms with Crippen LogP contribution in [0.15, 0.2) is 0 Å². The molecule has 4 heteroatoms. The van der Waals surface area contributed by atoms with Crippen molar-refractivity contribution < 1.29 is 16.9 Å². The van der Waals surface area contributed by atoms with E-state index in [1.54, 1.807) is 0 Å². The summed E-state index contributed by atoms with van der Waals surface area (Å²) >= 11 is 5.71. The van der Waals surface area contributed by atoms with E-state index in [-0.39, 0.29) is 17.9 Å². The number of hydrogen-bond acceptors (Lipinski definition) is 1. The minimum atomic E-state index is 0. The van der Waals surface area contributed by atoms with Crippen LogP contribution in [0.3, 0.4) is 0 Å². The average molecular weight is 285 g/mol. The third kappa shape index (κ3) is 11.3. The Bertz CT molecular complexity index is 182. The molecule has 0 amide bonds. The van der Waals surface area contributed by atoms with Crippen molar-refractivity contribution in [3.8, 4) is 0 Å². The summed E-state index contributed by atoms with van der Waals surface area (Å²) < 4.78 is 1.10. The molecule has 0 aromatic rings. The zero-order chi connectivity index (χ0) is 12.7. The Hall–Kier alpha value is 0.500. The maximum absolute atomic E-state index is 5.71. The van der Waals surface area contributed by atoms with E-state index in [0.717, 1.165) is 10.9 Å². The molecule has 0 spiro atoms. The third-order valence-corrected chi connectivity index (χ3v) is 3.73. The van der Waals surface area contributed by atoms with Crippen LogP contribution >= 0.6 is 11.8 Å². The first-order valence-electron chi connectivity index (χ1n) is 6.53. The van der Waals surface area contributed by atoms with Gasteiger partial charge in [-0.05, 0) is 38.5 Å². The van der Waals surface area contributed by atoms with Crippen LogP contribution in [-0.2, 0) is 0 Å². The highest BCUT2D eigenvalue weighted by molar-refractivity contribution is 6.13. The topological polar surface area (TPSA) is 12.0 Å². The Labute approximate surface area is 119 Å². The van der Waals surface area contributed by atoms with Gasteiger partial charge in [0.15, 0.2) is 0 Å². The molecule has 0 saturated carbocycles. The average Bonchev–Trinajstić information content (AvgIpc) is 2.22. The highest BCUT2D eigenvalue weighted by atomic mass is 35.5. The second-order valence-electron chi connectivity index (χ2n) is 6.17. The first-order valence-corrected chi connectivity index (χ1v) is 6.90. The zero-order valence-corrected chi connectivity index (χ0v) is 13.7. The molecule has 0 atom stereocenters. The van der Waals surface area contributed by atoms with Crippen LogP contribution in [-0.4, -0.2) is 37.2 Å². The summed E-state index contributed by atoms with van der Waals surface area (Å²) in [7, 11) is 4.63. The Balaban J connectivity index is 0. The van der Waals surface area contributed by atoms with E-state index >= 15 is 0 Å². The molecule has 0 radical (unpaired) electrons. The second kappa shape index (κ2) is 9.43. The monoisotopic (exact) mass is 284 g/mol. The lowest BCUT2D eigenvalue weighted by Gasteiger charge is -2.33. The van der Waals surface area contributed by atoms with E-state index in [1.165, 1.54) is 38.8 Å². The normalized spacial score (nSPS) is 12.4. The maximum Gasteiger partial charge on any atom is 0.0800 e. The van der Waals surface area contributed by atoms with E-state index in [0.29, 0.717) is 0 Å². The molecule has 106 valence electrons. The van der Waals surface area contributed by atoms with Gasteiger partial charge in [0.25, 0.3) is 0 Å². The predicted molar refractivity (Wildman–Crippen MR) is 73.7 cm³/mol. The van der Waals surface area contributed by atoms with Crippen LogP contribution in [0.5, 0.6) is 0 Å². The van der Waals surface area contributed by atoms with Gasteiger partial charge in [-0.1, -0.05) is 19.8 Å². The highest BCUT2D eigenvalue weighted by Gasteiger charge is 2.22. The standard InChI is InChI=1S/C13H30ClN2.ClH/c1-6-7-8-9-11-16(4,5)12-10-13(2,3)15-14;/h15H,6-12H2,1-5H3;1H/q+1;/p-1. The minimum absolute atomic E-state index is 0. The molecule has 0 aromatic heterocycles. The molecule has 0 heterocycles. The summed E-state index contributed by atoms with van der Waals surface area (Å²) in [6.07, 6.45) is 6.51. The van der Waals surface area contributed by atoms with Crippen molar-refractivity contribution in [1.29, 1.82) is 0 Å². The van der Waals surface area contributed by atoms with Gasteiger partial charge in [-0.15, -0.1) is 0 Å². The fraction of sp³-hybridized carbons (Fsp3) is 1.00. The van der Waals surface area contributed by atoms with Gasteiger partial charge >= 0.3 is 0 Å². The zero-order valence-electron chi connectivity index (χ0n) is 12.2. The molecule has 1 N–H and O–H groups in total. The second-order valence-corrected chi connectivity index (χ2v) is 6.36. The number of unbranched alkanes of at least 4 members (excludes halogenated alkanes) is 3.